The number of imidazole rings is 1. The molecule has 6 aromatic heterocycles. The van der Waals surface area contributed by atoms with Crippen LogP contribution in [0.4, 0.5) is 0 Å². The lowest BCUT2D eigenvalue weighted by Gasteiger charge is -2.18. The Bertz CT molecular complexity index is 3010. The molecule has 53 heavy (non-hydrogen) atoms. The lowest BCUT2D eigenvalue weighted by molar-refractivity contribution is 0.0410. The molecule has 1 aliphatic heterocycles. The van der Waals surface area contributed by atoms with Crippen molar-refractivity contribution in [3.8, 4) is 56.5 Å². The number of benzene rings is 4. The number of rotatable bonds is 5. The zero-order valence-electron chi connectivity index (χ0n) is 27.6. The van der Waals surface area contributed by atoms with Gasteiger partial charge in [0.2, 0.25) is 5.82 Å². The molecule has 1 aliphatic rings. The van der Waals surface area contributed by atoms with Crippen molar-refractivity contribution in [3.63, 3.8) is 0 Å². The minimum Gasteiger partial charge on any atom is -0.444 e. The van der Waals surface area contributed by atoms with Gasteiger partial charge in [0, 0.05) is 44.6 Å². The van der Waals surface area contributed by atoms with Crippen molar-refractivity contribution < 1.29 is 9.47 Å². The molecule has 1 atom stereocenters. The highest BCUT2D eigenvalue weighted by molar-refractivity contribution is 6.07. The first-order chi connectivity index (χ1) is 26.2. The first-order valence-electron chi connectivity index (χ1n) is 16.9. The zero-order valence-corrected chi connectivity index (χ0v) is 27.6. The maximum Gasteiger partial charge on any atom is 0.302 e. The van der Waals surface area contributed by atoms with E-state index in [1.165, 1.54) is 0 Å². The standard InChI is InChI=1S/C41H24N10O2/c1-3-8-24-22(6-1)14-16-42-37(24)35-27(30-13-12-26-25(9-5-11-29(26)48-30)31-15-17-46-51-50-31)19-34-38(36(35)32-18-23-7-2-4-10-28(23)47-32)53-41(52-34)40-43-20-33-39(49-40)45-21-44-33/h1-21,41,47H,(H,43,44,45,49). The molecule has 0 radical (unpaired) electrons. The average Bonchev–Trinajstić information content (AvgIpc) is 3.98. The third-order valence-corrected chi connectivity index (χ3v) is 9.61. The highest BCUT2D eigenvalue weighted by Gasteiger charge is 2.36. The number of H-pyrrole nitrogens is 2. The van der Waals surface area contributed by atoms with Crippen LogP contribution in [0.25, 0.3) is 88.8 Å². The van der Waals surface area contributed by atoms with Crippen molar-refractivity contribution >= 4 is 43.7 Å². The second-order valence-corrected chi connectivity index (χ2v) is 12.7. The molecule has 4 aromatic carbocycles. The van der Waals surface area contributed by atoms with E-state index in [0.29, 0.717) is 28.7 Å². The summed E-state index contributed by atoms with van der Waals surface area (Å²) in [5, 5.41) is 16.0. The van der Waals surface area contributed by atoms with Crippen LogP contribution in [-0.2, 0) is 0 Å². The predicted octanol–water partition coefficient (Wildman–Crippen LogP) is 8.25. The van der Waals surface area contributed by atoms with Crippen LogP contribution in [0.2, 0.25) is 0 Å². The summed E-state index contributed by atoms with van der Waals surface area (Å²) >= 11 is 0. The normalized spacial score (nSPS) is 13.8. The topological polar surface area (TPSA) is 153 Å². The van der Waals surface area contributed by atoms with E-state index >= 15 is 0 Å². The molecule has 11 rings (SSSR count). The van der Waals surface area contributed by atoms with Gasteiger partial charge in [-0.2, -0.15) is 0 Å². The van der Waals surface area contributed by atoms with Crippen LogP contribution in [-0.4, -0.2) is 50.3 Å². The summed E-state index contributed by atoms with van der Waals surface area (Å²) in [6.07, 6.45) is 5.82. The largest absolute Gasteiger partial charge is 0.444 e. The maximum absolute atomic E-state index is 6.73. The Labute approximate surface area is 299 Å². The molecule has 0 spiro atoms. The highest BCUT2D eigenvalue weighted by atomic mass is 16.7. The fourth-order valence-electron chi connectivity index (χ4n) is 7.20. The smallest absolute Gasteiger partial charge is 0.302 e. The van der Waals surface area contributed by atoms with Crippen molar-refractivity contribution in [3.05, 3.63) is 134 Å². The van der Waals surface area contributed by atoms with E-state index in [9.17, 15) is 0 Å². The third kappa shape index (κ3) is 4.69. The van der Waals surface area contributed by atoms with Gasteiger partial charge in [0.15, 0.2) is 17.1 Å². The van der Waals surface area contributed by atoms with E-state index in [1.54, 1.807) is 18.7 Å². The number of hydrogen-bond donors (Lipinski definition) is 2. The molecule has 10 aromatic rings. The molecule has 0 amide bonds. The molecule has 0 saturated heterocycles. The molecule has 2 N–H and O–H groups in total. The van der Waals surface area contributed by atoms with Crippen LogP contribution in [0.3, 0.4) is 0 Å². The minimum atomic E-state index is -0.925. The van der Waals surface area contributed by atoms with Crippen molar-refractivity contribution in [1.82, 2.24) is 50.3 Å². The van der Waals surface area contributed by atoms with Crippen LogP contribution in [0.1, 0.15) is 12.1 Å². The number of aromatic amines is 2. The Kier molecular flexibility index (Phi) is 6.31. The summed E-state index contributed by atoms with van der Waals surface area (Å²) in [6.45, 7) is 0. The highest BCUT2D eigenvalue weighted by Crippen LogP contribution is 2.55. The van der Waals surface area contributed by atoms with E-state index < -0.39 is 6.29 Å². The van der Waals surface area contributed by atoms with E-state index in [-0.39, 0.29) is 0 Å². The summed E-state index contributed by atoms with van der Waals surface area (Å²) < 4.78 is 13.3. The van der Waals surface area contributed by atoms with E-state index in [2.05, 4.69) is 76.7 Å². The maximum atomic E-state index is 6.73. The summed E-state index contributed by atoms with van der Waals surface area (Å²) in [5.74, 6) is 1.42. The SMILES string of the molecule is c1ccc2[nH]c(-c3c4c(cc(-c5ccc6c(-c7ccnnn7)cccc6n5)c3-c3nccc5ccccc35)OC(c3ncc5[nH]cnc5n3)O4)cc2c1. The second kappa shape index (κ2) is 11.5. The van der Waals surface area contributed by atoms with Crippen LogP contribution in [0, 0.1) is 0 Å². The van der Waals surface area contributed by atoms with Gasteiger partial charge in [0.25, 0.3) is 0 Å². The molecule has 12 nitrogen and oxygen atoms in total. The number of nitrogens with zero attached hydrogens (tertiary/aromatic N) is 8. The number of aromatic nitrogens is 10. The lowest BCUT2D eigenvalue weighted by Crippen LogP contribution is -2.12. The Morgan fingerprint density at radius 1 is 0.642 bits per heavy atom. The fraction of sp³-hybridized carbons (Fsp3) is 0.0244. The zero-order chi connectivity index (χ0) is 34.9. The van der Waals surface area contributed by atoms with Gasteiger partial charge in [-0.15, -0.1) is 10.2 Å². The quantitative estimate of drug-likeness (QED) is 0.181. The second-order valence-electron chi connectivity index (χ2n) is 12.7. The molecule has 12 heteroatoms. The van der Waals surface area contributed by atoms with Gasteiger partial charge in [0.05, 0.1) is 52.6 Å². The van der Waals surface area contributed by atoms with E-state index in [0.717, 1.165) is 77.4 Å². The number of para-hydroxylation sites is 1. The first kappa shape index (κ1) is 29.2. The third-order valence-electron chi connectivity index (χ3n) is 9.61. The number of fused-ring (bicyclic) bond motifs is 5. The van der Waals surface area contributed by atoms with Crippen LogP contribution >= 0.6 is 0 Å². The number of pyridine rings is 2. The molecule has 0 fully saturated rings. The van der Waals surface area contributed by atoms with Crippen molar-refractivity contribution in [2.24, 2.45) is 0 Å². The number of ether oxygens (including phenoxy) is 2. The van der Waals surface area contributed by atoms with Gasteiger partial charge < -0.3 is 19.4 Å². The summed E-state index contributed by atoms with van der Waals surface area (Å²) in [5.41, 5.74) is 9.40. The molecular formula is C41H24N10O2. The van der Waals surface area contributed by atoms with E-state index in [4.69, 9.17) is 19.4 Å². The van der Waals surface area contributed by atoms with Gasteiger partial charge in [-0.3, -0.25) is 4.98 Å². The van der Waals surface area contributed by atoms with Gasteiger partial charge in [-0.25, -0.2) is 19.9 Å². The molecule has 7 heterocycles. The molecule has 0 aliphatic carbocycles. The van der Waals surface area contributed by atoms with Crippen LogP contribution in [0.5, 0.6) is 11.5 Å². The monoisotopic (exact) mass is 688 g/mol. The Hall–Kier alpha value is -7.60. The van der Waals surface area contributed by atoms with Gasteiger partial charge in [0.1, 0.15) is 5.52 Å². The fourth-order valence-corrected chi connectivity index (χ4v) is 7.20. The van der Waals surface area contributed by atoms with Crippen LogP contribution in [0.15, 0.2) is 128 Å². The number of nitrogens with one attached hydrogen (secondary N) is 2. The van der Waals surface area contributed by atoms with Crippen molar-refractivity contribution in [1.29, 1.82) is 0 Å². The minimum absolute atomic E-state index is 0.352. The summed E-state index contributed by atoms with van der Waals surface area (Å²) in [7, 11) is 0. The average molecular weight is 689 g/mol. The molecular weight excluding hydrogens is 665 g/mol. The van der Waals surface area contributed by atoms with Gasteiger partial charge in [-0.1, -0.05) is 54.6 Å². The first-order valence-corrected chi connectivity index (χ1v) is 16.9. The summed E-state index contributed by atoms with van der Waals surface area (Å²) in [4.78, 5) is 30.6. The summed E-state index contributed by atoms with van der Waals surface area (Å²) in [6, 6.07) is 34.5. The van der Waals surface area contributed by atoms with Crippen molar-refractivity contribution in [2.75, 3.05) is 0 Å². The van der Waals surface area contributed by atoms with Crippen LogP contribution < -0.4 is 9.47 Å². The number of hydrogen-bond acceptors (Lipinski definition) is 10. The predicted molar refractivity (Wildman–Crippen MR) is 200 cm³/mol. The van der Waals surface area contributed by atoms with Crippen molar-refractivity contribution in [2.45, 2.75) is 6.29 Å². The Morgan fingerprint density at radius 3 is 2.49 bits per heavy atom. The molecule has 250 valence electrons. The van der Waals surface area contributed by atoms with Gasteiger partial charge >= 0.3 is 6.29 Å². The molecule has 0 bridgehead atoms. The van der Waals surface area contributed by atoms with Gasteiger partial charge in [-0.05, 0) is 59.1 Å². The molecule has 0 saturated carbocycles. The Balaban J connectivity index is 1.20. The van der Waals surface area contributed by atoms with E-state index in [1.807, 2.05) is 72.9 Å². The lowest BCUT2D eigenvalue weighted by atomic mass is 9.90. The Morgan fingerprint density at radius 2 is 1.57 bits per heavy atom. The molecule has 1 unspecified atom stereocenters.